The third kappa shape index (κ3) is 13.6. The maximum atomic E-state index is 10.9. The summed E-state index contributed by atoms with van der Waals surface area (Å²) in [4.78, 5) is 22.0. The molecule has 0 saturated carbocycles. The highest BCUT2D eigenvalue weighted by atomic mass is 32.2. The zero-order chi connectivity index (χ0) is 24.4. The Kier molecular flexibility index (Phi) is 16.4. The first kappa shape index (κ1) is 29.3. The molecule has 0 fully saturated rings. The molecule has 0 spiro atoms. The smallest absolute Gasteiger partial charge is 0.219 e. The fourth-order valence-electron chi connectivity index (χ4n) is 1.89. The second-order valence-electron chi connectivity index (χ2n) is 6.09. The van der Waals surface area contributed by atoms with Gasteiger partial charge in [0.1, 0.15) is 0 Å². The van der Waals surface area contributed by atoms with Gasteiger partial charge in [0.15, 0.2) is 23.0 Å². The van der Waals surface area contributed by atoms with Gasteiger partial charge in [-0.2, -0.15) is 12.6 Å². The zero-order valence-electron chi connectivity index (χ0n) is 18.2. The number of amides is 2. The van der Waals surface area contributed by atoms with Gasteiger partial charge in [-0.05, 0) is 24.3 Å². The zero-order valence-corrected chi connectivity index (χ0v) is 20.0. The molecule has 8 nitrogen and oxygen atoms in total. The summed E-state index contributed by atoms with van der Waals surface area (Å²) in [6, 6.07) is 11.0. The fourth-order valence-corrected chi connectivity index (χ4v) is 2.84. The Balaban J connectivity index is 0.000000504. The molecule has 32 heavy (non-hydrogen) atoms. The quantitative estimate of drug-likeness (QED) is 0.132. The molecule has 2 aromatic rings. The van der Waals surface area contributed by atoms with E-state index in [1.54, 1.807) is 31.2 Å². The molecular formula is C22H32N2O6S2. The number of carbonyl (C=O) groups is 2. The van der Waals surface area contributed by atoms with Gasteiger partial charge >= 0.3 is 0 Å². The van der Waals surface area contributed by atoms with Crippen LogP contribution in [0.25, 0.3) is 0 Å². The van der Waals surface area contributed by atoms with Crippen LogP contribution in [0.2, 0.25) is 0 Å². The van der Waals surface area contributed by atoms with Crippen LogP contribution in [0, 0.1) is 0 Å². The normalized spacial score (nSPS) is 9.47. The van der Waals surface area contributed by atoms with Gasteiger partial charge in [-0.1, -0.05) is 32.0 Å². The molecule has 2 rings (SSSR count). The van der Waals surface area contributed by atoms with Crippen LogP contribution in [0.15, 0.2) is 47.4 Å². The molecular weight excluding hydrogens is 452 g/mol. The summed E-state index contributed by atoms with van der Waals surface area (Å²) in [5.74, 6) is 1.10. The number of phenols is 4. The average Bonchev–Trinajstić information content (AvgIpc) is 2.80. The van der Waals surface area contributed by atoms with E-state index in [1.165, 1.54) is 30.0 Å². The van der Waals surface area contributed by atoms with Crippen LogP contribution in [0.5, 0.6) is 23.0 Å². The van der Waals surface area contributed by atoms with Gasteiger partial charge in [0, 0.05) is 37.4 Å². The number of benzene rings is 2. The summed E-state index contributed by atoms with van der Waals surface area (Å²) in [6.45, 7) is 4.85. The van der Waals surface area contributed by atoms with Gasteiger partial charge in [0.25, 0.3) is 0 Å². The fraction of sp³-hybridized carbons (Fsp3) is 0.364. The van der Waals surface area contributed by atoms with E-state index in [0.29, 0.717) is 42.3 Å². The summed E-state index contributed by atoms with van der Waals surface area (Å²) in [7, 11) is 0. The number of thiol groups is 1. The standard InChI is InChI=1S/C11H15NO3S.C6H6O2.C5H11NOS/c1-2-10(14)12-6-7-16-9-5-3-4-8(13)11(9)15;7-5-3-1-2-4-6(5)8;1-2-5(7)6-3-4-8/h3-5,13,15H,2,6-7H2,1H3,(H,12,14);1-4,7-8H;8H,2-4H2,1H3,(H,6,7). The van der Waals surface area contributed by atoms with Gasteiger partial charge in [-0.3, -0.25) is 9.59 Å². The van der Waals surface area contributed by atoms with Crippen LogP contribution in [0.4, 0.5) is 0 Å². The van der Waals surface area contributed by atoms with Gasteiger partial charge in [-0.15, -0.1) is 11.8 Å². The van der Waals surface area contributed by atoms with E-state index in [9.17, 15) is 19.8 Å². The first-order chi connectivity index (χ1) is 15.3. The van der Waals surface area contributed by atoms with Crippen molar-refractivity contribution in [2.45, 2.75) is 31.6 Å². The van der Waals surface area contributed by atoms with Crippen LogP contribution in [-0.2, 0) is 9.59 Å². The van der Waals surface area contributed by atoms with E-state index < -0.39 is 0 Å². The van der Waals surface area contributed by atoms with Crippen molar-refractivity contribution in [1.82, 2.24) is 10.6 Å². The Morgan fingerprint density at radius 1 is 0.812 bits per heavy atom. The molecule has 0 radical (unpaired) electrons. The van der Waals surface area contributed by atoms with Gasteiger partial charge in [0.2, 0.25) is 11.8 Å². The maximum absolute atomic E-state index is 10.9. The van der Waals surface area contributed by atoms with Crippen LogP contribution in [-0.4, -0.2) is 56.8 Å². The first-order valence-electron chi connectivity index (χ1n) is 10.0. The molecule has 0 unspecified atom stereocenters. The molecule has 10 heteroatoms. The third-order valence-electron chi connectivity index (χ3n) is 3.62. The van der Waals surface area contributed by atoms with Gasteiger partial charge in [0.05, 0.1) is 4.90 Å². The molecule has 0 saturated heterocycles. The highest BCUT2D eigenvalue weighted by Crippen LogP contribution is 2.35. The minimum absolute atomic E-state index is 0.0146. The topological polar surface area (TPSA) is 139 Å². The van der Waals surface area contributed by atoms with Crippen LogP contribution in [0.1, 0.15) is 26.7 Å². The molecule has 0 heterocycles. The van der Waals surface area contributed by atoms with Crippen molar-refractivity contribution in [3.8, 4) is 23.0 Å². The third-order valence-corrected chi connectivity index (χ3v) is 4.89. The lowest BCUT2D eigenvalue weighted by atomic mass is 10.3. The van der Waals surface area contributed by atoms with Gasteiger partial charge in [-0.25, -0.2) is 0 Å². The minimum atomic E-state index is -0.123. The van der Waals surface area contributed by atoms with Crippen molar-refractivity contribution in [1.29, 1.82) is 0 Å². The van der Waals surface area contributed by atoms with E-state index in [2.05, 4.69) is 23.3 Å². The average molecular weight is 485 g/mol. The number of nitrogens with one attached hydrogen (secondary N) is 2. The largest absolute Gasteiger partial charge is 0.504 e. The van der Waals surface area contributed by atoms with Crippen molar-refractivity contribution in [2.24, 2.45) is 0 Å². The Morgan fingerprint density at radius 3 is 1.78 bits per heavy atom. The number of phenolic OH excluding ortho intramolecular Hbond substituents is 4. The predicted molar refractivity (Wildman–Crippen MR) is 131 cm³/mol. The number of thioether (sulfide) groups is 1. The van der Waals surface area contributed by atoms with E-state index in [1.807, 2.05) is 6.92 Å². The number of rotatable bonds is 8. The van der Waals surface area contributed by atoms with Crippen LogP contribution >= 0.6 is 24.4 Å². The predicted octanol–water partition coefficient (Wildman–Crippen LogP) is 3.26. The number of hydrogen-bond acceptors (Lipinski definition) is 8. The number of para-hydroxylation sites is 3. The number of hydrogen-bond donors (Lipinski definition) is 7. The number of carbonyl (C=O) groups excluding carboxylic acids is 2. The van der Waals surface area contributed by atoms with Crippen molar-refractivity contribution in [2.75, 3.05) is 24.6 Å². The molecule has 0 aliphatic rings. The first-order valence-corrected chi connectivity index (χ1v) is 11.6. The summed E-state index contributed by atoms with van der Waals surface area (Å²) in [5, 5.41) is 41.5. The maximum Gasteiger partial charge on any atom is 0.219 e. The summed E-state index contributed by atoms with van der Waals surface area (Å²) in [5.41, 5.74) is 0. The molecule has 0 bridgehead atoms. The van der Waals surface area contributed by atoms with Crippen LogP contribution in [0.3, 0.4) is 0 Å². The van der Waals surface area contributed by atoms with Crippen molar-refractivity contribution in [3.05, 3.63) is 42.5 Å². The number of aromatic hydroxyl groups is 4. The second kappa shape index (κ2) is 17.9. The molecule has 2 aromatic carbocycles. The minimum Gasteiger partial charge on any atom is -0.504 e. The summed E-state index contributed by atoms with van der Waals surface area (Å²) >= 11 is 5.31. The van der Waals surface area contributed by atoms with Crippen molar-refractivity contribution >= 4 is 36.2 Å². The molecule has 2 amide bonds. The molecule has 0 atom stereocenters. The Hall–Kier alpha value is -2.72. The highest BCUT2D eigenvalue weighted by Gasteiger charge is 2.05. The molecule has 0 aromatic heterocycles. The monoisotopic (exact) mass is 484 g/mol. The lowest BCUT2D eigenvalue weighted by molar-refractivity contribution is -0.121. The summed E-state index contributed by atoms with van der Waals surface area (Å²) in [6.07, 6.45) is 1.04. The van der Waals surface area contributed by atoms with E-state index in [-0.39, 0.29) is 34.8 Å². The van der Waals surface area contributed by atoms with E-state index in [4.69, 9.17) is 10.2 Å². The molecule has 6 N–H and O–H groups in total. The van der Waals surface area contributed by atoms with Crippen molar-refractivity contribution in [3.63, 3.8) is 0 Å². The lowest BCUT2D eigenvalue weighted by Crippen LogP contribution is -2.24. The Bertz CT molecular complexity index is 800. The van der Waals surface area contributed by atoms with Crippen LogP contribution < -0.4 is 10.6 Å². The van der Waals surface area contributed by atoms with E-state index in [0.717, 1.165) is 0 Å². The highest BCUT2D eigenvalue weighted by molar-refractivity contribution is 7.99. The molecule has 178 valence electrons. The van der Waals surface area contributed by atoms with Gasteiger partial charge < -0.3 is 31.1 Å². The summed E-state index contributed by atoms with van der Waals surface area (Å²) < 4.78 is 0. The Labute approximate surface area is 198 Å². The second-order valence-corrected chi connectivity index (χ2v) is 7.68. The Morgan fingerprint density at radius 2 is 1.31 bits per heavy atom. The SMILES string of the molecule is CCC(=O)NCCS.CCC(=O)NCCSc1cccc(O)c1O.Oc1ccccc1O. The molecule has 0 aliphatic heterocycles. The molecule has 0 aliphatic carbocycles. The van der Waals surface area contributed by atoms with Crippen molar-refractivity contribution < 1.29 is 30.0 Å². The van der Waals surface area contributed by atoms with E-state index >= 15 is 0 Å². The lowest BCUT2D eigenvalue weighted by Gasteiger charge is -2.06.